The Balaban J connectivity index is 1.58. The zero-order chi connectivity index (χ0) is 14.7. The van der Waals surface area contributed by atoms with Gasteiger partial charge < -0.3 is 10.6 Å². The van der Waals surface area contributed by atoms with Crippen LogP contribution in [0.3, 0.4) is 0 Å². The number of rotatable bonds is 4. The number of H-pyrrole nitrogens is 1. The van der Waals surface area contributed by atoms with Crippen LogP contribution in [0.15, 0.2) is 24.3 Å². The summed E-state index contributed by atoms with van der Waals surface area (Å²) in [7, 11) is 0. The molecule has 0 aliphatic carbocycles. The molecule has 112 valence electrons. The highest BCUT2D eigenvalue weighted by Gasteiger charge is 2.19. The first kappa shape index (κ1) is 14.1. The lowest BCUT2D eigenvalue weighted by Gasteiger charge is -2.29. The fourth-order valence-corrected chi connectivity index (χ4v) is 2.75. The first-order valence-corrected chi connectivity index (χ1v) is 7.68. The van der Waals surface area contributed by atoms with Gasteiger partial charge in [0.2, 0.25) is 5.95 Å². The molecule has 1 aromatic carbocycles. The van der Waals surface area contributed by atoms with Crippen molar-refractivity contribution in [1.82, 2.24) is 15.2 Å². The average Bonchev–Trinajstić information content (AvgIpc) is 2.96. The molecule has 0 radical (unpaired) electrons. The summed E-state index contributed by atoms with van der Waals surface area (Å²) in [5, 5.41) is 7.39. The van der Waals surface area contributed by atoms with Gasteiger partial charge in [0.15, 0.2) is 0 Å². The minimum absolute atomic E-state index is 0.244. The van der Waals surface area contributed by atoms with E-state index in [1.165, 1.54) is 11.1 Å². The van der Waals surface area contributed by atoms with Gasteiger partial charge in [-0.1, -0.05) is 29.8 Å². The lowest BCUT2D eigenvalue weighted by molar-refractivity contribution is 0.500. The molecule has 5 heteroatoms. The lowest BCUT2D eigenvalue weighted by Crippen LogP contribution is -2.43. The molecule has 3 rings (SSSR count). The van der Waals surface area contributed by atoms with Gasteiger partial charge in [-0.15, -0.1) is 5.10 Å². The van der Waals surface area contributed by atoms with Gasteiger partial charge in [-0.05, 0) is 31.7 Å². The van der Waals surface area contributed by atoms with Crippen molar-refractivity contribution in [3.05, 3.63) is 41.2 Å². The fourth-order valence-electron chi connectivity index (χ4n) is 2.75. The SMILES string of the molecule is Cc1ccc(CCc2nc(N3CCCC(N)C3)n[nH]2)cc1. The van der Waals surface area contributed by atoms with E-state index >= 15 is 0 Å². The number of anilines is 1. The molecule has 2 heterocycles. The molecule has 1 unspecified atom stereocenters. The van der Waals surface area contributed by atoms with Crippen LogP contribution in [0.25, 0.3) is 0 Å². The quantitative estimate of drug-likeness (QED) is 0.899. The summed E-state index contributed by atoms with van der Waals surface area (Å²) >= 11 is 0. The summed E-state index contributed by atoms with van der Waals surface area (Å²) in [6.07, 6.45) is 4.08. The Hall–Kier alpha value is -1.88. The van der Waals surface area contributed by atoms with Gasteiger partial charge in [0.1, 0.15) is 5.82 Å². The van der Waals surface area contributed by atoms with E-state index in [2.05, 4.69) is 51.3 Å². The second-order valence-corrected chi connectivity index (χ2v) is 5.92. The van der Waals surface area contributed by atoms with Crippen LogP contribution in [0, 0.1) is 6.92 Å². The Bertz CT molecular complexity index is 575. The van der Waals surface area contributed by atoms with Crippen LogP contribution in [-0.2, 0) is 12.8 Å². The Morgan fingerprint density at radius 2 is 2.10 bits per heavy atom. The van der Waals surface area contributed by atoms with E-state index in [-0.39, 0.29) is 6.04 Å². The third-order valence-electron chi connectivity index (χ3n) is 4.03. The van der Waals surface area contributed by atoms with Crippen LogP contribution in [0.1, 0.15) is 29.8 Å². The zero-order valence-corrected chi connectivity index (χ0v) is 12.5. The molecule has 1 aromatic heterocycles. The van der Waals surface area contributed by atoms with E-state index < -0.39 is 0 Å². The summed E-state index contributed by atoms with van der Waals surface area (Å²) in [6.45, 7) is 3.97. The van der Waals surface area contributed by atoms with Crippen LogP contribution in [0.5, 0.6) is 0 Å². The summed E-state index contributed by atoms with van der Waals surface area (Å²) in [4.78, 5) is 6.79. The molecule has 0 saturated carbocycles. The molecule has 1 fully saturated rings. The van der Waals surface area contributed by atoms with Crippen molar-refractivity contribution in [2.24, 2.45) is 5.73 Å². The normalized spacial score (nSPS) is 19.0. The van der Waals surface area contributed by atoms with E-state index in [9.17, 15) is 0 Å². The number of aromatic nitrogens is 3. The molecule has 5 nitrogen and oxygen atoms in total. The maximum atomic E-state index is 6.01. The largest absolute Gasteiger partial charge is 0.338 e. The van der Waals surface area contributed by atoms with Crippen LogP contribution in [-0.4, -0.2) is 34.3 Å². The number of nitrogens with two attached hydrogens (primary N) is 1. The van der Waals surface area contributed by atoms with Gasteiger partial charge in [-0.3, -0.25) is 5.10 Å². The van der Waals surface area contributed by atoms with Crippen molar-refractivity contribution in [3.8, 4) is 0 Å². The number of nitrogens with one attached hydrogen (secondary N) is 1. The van der Waals surface area contributed by atoms with Gasteiger partial charge in [0.05, 0.1) is 0 Å². The highest BCUT2D eigenvalue weighted by molar-refractivity contribution is 5.30. The van der Waals surface area contributed by atoms with E-state index in [0.29, 0.717) is 0 Å². The maximum Gasteiger partial charge on any atom is 0.244 e. The number of aromatic amines is 1. The number of benzene rings is 1. The topological polar surface area (TPSA) is 70.8 Å². The Morgan fingerprint density at radius 3 is 2.86 bits per heavy atom. The van der Waals surface area contributed by atoms with Gasteiger partial charge in [-0.2, -0.15) is 4.98 Å². The summed E-state index contributed by atoms with van der Waals surface area (Å²) in [5.41, 5.74) is 8.63. The summed E-state index contributed by atoms with van der Waals surface area (Å²) in [6, 6.07) is 8.90. The Morgan fingerprint density at radius 1 is 1.29 bits per heavy atom. The molecule has 21 heavy (non-hydrogen) atoms. The van der Waals surface area contributed by atoms with Crippen molar-refractivity contribution < 1.29 is 0 Å². The first-order valence-electron chi connectivity index (χ1n) is 7.68. The first-order chi connectivity index (χ1) is 10.2. The van der Waals surface area contributed by atoms with Crippen molar-refractivity contribution in [3.63, 3.8) is 0 Å². The molecule has 1 aliphatic rings. The van der Waals surface area contributed by atoms with Gasteiger partial charge in [0.25, 0.3) is 0 Å². The van der Waals surface area contributed by atoms with E-state index in [1.54, 1.807) is 0 Å². The minimum atomic E-state index is 0.244. The monoisotopic (exact) mass is 285 g/mol. The highest BCUT2D eigenvalue weighted by Crippen LogP contribution is 2.15. The molecule has 3 N–H and O–H groups in total. The smallest absolute Gasteiger partial charge is 0.244 e. The van der Waals surface area contributed by atoms with Crippen molar-refractivity contribution in [1.29, 1.82) is 0 Å². The molecular formula is C16H23N5. The maximum absolute atomic E-state index is 6.01. The predicted molar refractivity (Wildman–Crippen MR) is 84.4 cm³/mol. The van der Waals surface area contributed by atoms with Crippen LogP contribution < -0.4 is 10.6 Å². The second kappa shape index (κ2) is 6.26. The van der Waals surface area contributed by atoms with Crippen LogP contribution >= 0.6 is 0 Å². The third-order valence-corrected chi connectivity index (χ3v) is 4.03. The number of hydrogen-bond donors (Lipinski definition) is 2. The predicted octanol–water partition coefficient (Wildman–Crippen LogP) is 1.83. The summed E-state index contributed by atoms with van der Waals surface area (Å²) < 4.78 is 0. The zero-order valence-electron chi connectivity index (χ0n) is 12.5. The van der Waals surface area contributed by atoms with E-state index in [1.807, 2.05) is 0 Å². The molecule has 0 amide bonds. The molecule has 2 aromatic rings. The molecule has 0 spiro atoms. The Kier molecular flexibility index (Phi) is 4.20. The van der Waals surface area contributed by atoms with Crippen molar-refractivity contribution in [2.45, 2.75) is 38.6 Å². The van der Waals surface area contributed by atoms with Gasteiger partial charge in [-0.25, -0.2) is 0 Å². The standard InChI is InChI=1S/C16H23N5/c1-12-4-6-13(7-5-12)8-9-15-18-16(20-19-15)21-10-2-3-14(17)11-21/h4-7,14H,2-3,8-11,17H2,1H3,(H,18,19,20). The highest BCUT2D eigenvalue weighted by atomic mass is 15.4. The number of hydrogen-bond acceptors (Lipinski definition) is 4. The molecule has 1 aliphatic heterocycles. The Labute approximate surface area is 125 Å². The van der Waals surface area contributed by atoms with E-state index in [4.69, 9.17) is 5.73 Å². The summed E-state index contributed by atoms with van der Waals surface area (Å²) in [5.74, 6) is 1.74. The van der Waals surface area contributed by atoms with Gasteiger partial charge in [0, 0.05) is 25.6 Å². The fraction of sp³-hybridized carbons (Fsp3) is 0.500. The second-order valence-electron chi connectivity index (χ2n) is 5.92. The molecule has 1 atom stereocenters. The minimum Gasteiger partial charge on any atom is -0.338 e. The van der Waals surface area contributed by atoms with E-state index in [0.717, 1.165) is 50.5 Å². The number of piperidine rings is 1. The van der Waals surface area contributed by atoms with Crippen LogP contribution in [0.2, 0.25) is 0 Å². The number of nitrogens with zero attached hydrogens (tertiary/aromatic N) is 3. The average molecular weight is 285 g/mol. The van der Waals surface area contributed by atoms with Crippen molar-refractivity contribution >= 4 is 5.95 Å². The molecular weight excluding hydrogens is 262 g/mol. The lowest BCUT2D eigenvalue weighted by atomic mass is 10.1. The molecule has 0 bridgehead atoms. The van der Waals surface area contributed by atoms with Crippen LogP contribution in [0.4, 0.5) is 5.95 Å². The van der Waals surface area contributed by atoms with Gasteiger partial charge >= 0.3 is 0 Å². The number of aryl methyl sites for hydroxylation is 3. The third kappa shape index (κ3) is 3.61. The molecule has 1 saturated heterocycles. The van der Waals surface area contributed by atoms with Crippen molar-refractivity contribution in [2.75, 3.05) is 18.0 Å².